The Bertz CT molecular complexity index is 863. The third-order valence-corrected chi connectivity index (χ3v) is 6.56. The Hall–Kier alpha value is -2.08. The average molecular weight is 374 g/mol. The van der Waals surface area contributed by atoms with Gasteiger partial charge in [0.05, 0.1) is 16.8 Å². The van der Waals surface area contributed by atoms with Crippen LogP contribution in [-0.2, 0) is 10.0 Å². The summed E-state index contributed by atoms with van der Waals surface area (Å²) in [6.45, 7) is 7.12. The van der Waals surface area contributed by atoms with Gasteiger partial charge < -0.3 is 4.90 Å². The third-order valence-electron chi connectivity index (χ3n) is 5.21. The summed E-state index contributed by atoms with van der Waals surface area (Å²) < 4.78 is 27.8. The fraction of sp³-hybridized carbons (Fsp3) is 0.450. The predicted octanol–water partition coefficient (Wildman–Crippen LogP) is 4.27. The van der Waals surface area contributed by atoms with E-state index < -0.39 is 10.0 Å². The van der Waals surface area contributed by atoms with Gasteiger partial charge in [-0.1, -0.05) is 13.0 Å². The molecule has 140 valence electrons. The van der Waals surface area contributed by atoms with Crippen molar-refractivity contribution in [3.05, 3.63) is 47.7 Å². The molecule has 0 spiro atoms. The first-order chi connectivity index (χ1) is 12.4. The van der Waals surface area contributed by atoms with E-state index in [0.717, 1.165) is 29.8 Å². The monoisotopic (exact) mass is 373 g/mol. The van der Waals surface area contributed by atoms with Crippen LogP contribution in [0.25, 0.3) is 0 Å². The largest absolute Gasteiger partial charge is 0.367 e. The van der Waals surface area contributed by atoms with Crippen molar-refractivity contribution in [2.45, 2.75) is 57.4 Å². The average Bonchev–Trinajstić information content (AvgIpc) is 2.64. The van der Waals surface area contributed by atoms with E-state index in [1.807, 2.05) is 26.0 Å². The maximum atomic E-state index is 12.6. The van der Waals surface area contributed by atoms with Gasteiger partial charge in [0.2, 0.25) is 0 Å². The molecule has 1 aliphatic rings. The van der Waals surface area contributed by atoms with E-state index in [1.165, 1.54) is 19.3 Å². The molecule has 1 aliphatic heterocycles. The van der Waals surface area contributed by atoms with Gasteiger partial charge in [0.1, 0.15) is 5.82 Å². The number of piperidine rings is 1. The molecule has 1 aromatic carbocycles. The molecular weight excluding hydrogens is 346 g/mol. The zero-order chi connectivity index (χ0) is 18.7. The van der Waals surface area contributed by atoms with Crippen molar-refractivity contribution in [3.8, 4) is 0 Å². The molecule has 1 atom stereocenters. The van der Waals surface area contributed by atoms with Crippen LogP contribution in [0.15, 0.2) is 41.4 Å². The molecule has 0 bridgehead atoms. The number of hydrogen-bond acceptors (Lipinski definition) is 4. The summed E-state index contributed by atoms with van der Waals surface area (Å²) in [5.74, 6) is 0.344. The van der Waals surface area contributed by atoms with E-state index >= 15 is 0 Å². The second-order valence-corrected chi connectivity index (χ2v) is 8.69. The van der Waals surface area contributed by atoms with Crippen LogP contribution in [0.5, 0.6) is 0 Å². The maximum absolute atomic E-state index is 12.6. The van der Waals surface area contributed by atoms with Crippen LogP contribution in [0.3, 0.4) is 0 Å². The lowest BCUT2D eigenvalue weighted by molar-refractivity contribution is 0.449. The second-order valence-electron chi connectivity index (χ2n) is 7.00. The lowest BCUT2D eigenvalue weighted by Crippen LogP contribution is -2.39. The molecule has 0 radical (unpaired) electrons. The molecule has 3 rings (SSSR count). The number of anilines is 2. The van der Waals surface area contributed by atoms with Crippen LogP contribution in [0.1, 0.15) is 43.7 Å². The summed E-state index contributed by atoms with van der Waals surface area (Å²) in [5.41, 5.74) is 3.08. The molecule has 2 heterocycles. The number of aromatic nitrogens is 1. The van der Waals surface area contributed by atoms with Crippen LogP contribution in [0, 0.1) is 13.8 Å². The fourth-order valence-electron chi connectivity index (χ4n) is 3.46. The quantitative estimate of drug-likeness (QED) is 0.850. The SMILES string of the molecule is CCC1CCCCN1c1ccc(NS(=O)(=O)c2ccc(C)c(C)c2)nc1. The van der Waals surface area contributed by atoms with Gasteiger partial charge in [-0.05, 0) is 74.9 Å². The molecule has 26 heavy (non-hydrogen) atoms. The highest BCUT2D eigenvalue weighted by Gasteiger charge is 2.21. The van der Waals surface area contributed by atoms with Gasteiger partial charge in [-0.25, -0.2) is 13.4 Å². The topological polar surface area (TPSA) is 62.3 Å². The van der Waals surface area contributed by atoms with Crippen molar-refractivity contribution in [1.82, 2.24) is 4.98 Å². The first kappa shape index (κ1) is 18.7. The van der Waals surface area contributed by atoms with Crippen molar-refractivity contribution < 1.29 is 8.42 Å². The highest BCUT2D eigenvalue weighted by Crippen LogP contribution is 2.27. The van der Waals surface area contributed by atoms with Crippen molar-refractivity contribution in [1.29, 1.82) is 0 Å². The summed E-state index contributed by atoms with van der Waals surface area (Å²) in [7, 11) is -3.63. The summed E-state index contributed by atoms with van der Waals surface area (Å²) in [6.07, 6.45) is 6.55. The number of rotatable bonds is 5. The summed E-state index contributed by atoms with van der Waals surface area (Å²) in [4.78, 5) is 6.99. The van der Waals surface area contributed by atoms with Crippen molar-refractivity contribution in [3.63, 3.8) is 0 Å². The number of pyridine rings is 1. The van der Waals surface area contributed by atoms with Gasteiger partial charge in [0, 0.05) is 12.6 Å². The molecule has 1 saturated heterocycles. The van der Waals surface area contributed by atoms with E-state index in [9.17, 15) is 8.42 Å². The zero-order valence-corrected chi connectivity index (χ0v) is 16.5. The lowest BCUT2D eigenvalue weighted by Gasteiger charge is -2.37. The van der Waals surface area contributed by atoms with E-state index in [4.69, 9.17) is 0 Å². The van der Waals surface area contributed by atoms with Gasteiger partial charge in [0.15, 0.2) is 0 Å². The number of hydrogen-bond donors (Lipinski definition) is 1. The molecule has 1 fully saturated rings. The van der Waals surface area contributed by atoms with E-state index in [2.05, 4.69) is 21.5 Å². The van der Waals surface area contributed by atoms with Crippen LogP contribution in [0.4, 0.5) is 11.5 Å². The molecule has 5 nitrogen and oxygen atoms in total. The standard InChI is InChI=1S/C20H27N3O2S/c1-4-17-7-5-6-12-23(17)18-9-11-20(21-14-18)22-26(24,25)19-10-8-15(2)16(3)13-19/h8-11,13-14,17H,4-7,12H2,1-3H3,(H,21,22). The van der Waals surface area contributed by atoms with Crippen LogP contribution < -0.4 is 9.62 Å². The Morgan fingerprint density at radius 3 is 2.62 bits per heavy atom. The third kappa shape index (κ3) is 4.01. The van der Waals surface area contributed by atoms with Crippen molar-refractivity contribution >= 4 is 21.5 Å². The van der Waals surface area contributed by atoms with Gasteiger partial charge in [-0.2, -0.15) is 0 Å². The molecule has 6 heteroatoms. The zero-order valence-electron chi connectivity index (χ0n) is 15.7. The van der Waals surface area contributed by atoms with Crippen molar-refractivity contribution in [2.24, 2.45) is 0 Å². The van der Waals surface area contributed by atoms with E-state index in [0.29, 0.717) is 11.9 Å². The number of aryl methyl sites for hydroxylation is 2. The highest BCUT2D eigenvalue weighted by molar-refractivity contribution is 7.92. The number of nitrogens with one attached hydrogen (secondary N) is 1. The molecule has 1 N–H and O–H groups in total. The number of nitrogens with zero attached hydrogens (tertiary/aromatic N) is 2. The molecule has 1 unspecified atom stereocenters. The van der Waals surface area contributed by atoms with Crippen LogP contribution in [-0.4, -0.2) is 26.0 Å². The Balaban J connectivity index is 1.77. The van der Waals surface area contributed by atoms with Gasteiger partial charge in [-0.15, -0.1) is 0 Å². The van der Waals surface area contributed by atoms with Gasteiger partial charge in [0.25, 0.3) is 10.0 Å². The predicted molar refractivity (Wildman–Crippen MR) is 106 cm³/mol. The first-order valence-electron chi connectivity index (χ1n) is 9.23. The summed E-state index contributed by atoms with van der Waals surface area (Å²) >= 11 is 0. The van der Waals surface area contributed by atoms with E-state index in [-0.39, 0.29) is 4.90 Å². The molecule has 0 aliphatic carbocycles. The number of sulfonamides is 1. The molecule has 2 aromatic rings. The minimum absolute atomic E-state index is 0.258. The second kappa shape index (κ2) is 7.66. The number of benzene rings is 1. The molecule has 0 amide bonds. The van der Waals surface area contributed by atoms with Gasteiger partial charge >= 0.3 is 0 Å². The Morgan fingerprint density at radius 1 is 1.15 bits per heavy atom. The molecule has 1 aromatic heterocycles. The van der Waals surface area contributed by atoms with Crippen LogP contribution >= 0.6 is 0 Å². The maximum Gasteiger partial charge on any atom is 0.263 e. The van der Waals surface area contributed by atoms with E-state index in [1.54, 1.807) is 24.4 Å². The summed E-state index contributed by atoms with van der Waals surface area (Å²) in [6, 6.07) is 9.38. The van der Waals surface area contributed by atoms with Gasteiger partial charge in [-0.3, -0.25) is 4.72 Å². The normalized spacial score (nSPS) is 18.0. The van der Waals surface area contributed by atoms with Crippen molar-refractivity contribution in [2.75, 3.05) is 16.2 Å². The Kier molecular flexibility index (Phi) is 5.51. The minimum atomic E-state index is -3.63. The Morgan fingerprint density at radius 2 is 1.96 bits per heavy atom. The smallest absolute Gasteiger partial charge is 0.263 e. The molecule has 0 saturated carbocycles. The lowest BCUT2D eigenvalue weighted by atomic mass is 9.99. The fourth-order valence-corrected chi connectivity index (χ4v) is 4.55. The Labute approximate surface area is 156 Å². The summed E-state index contributed by atoms with van der Waals surface area (Å²) in [5, 5.41) is 0. The highest BCUT2D eigenvalue weighted by atomic mass is 32.2. The van der Waals surface area contributed by atoms with Crippen LogP contribution in [0.2, 0.25) is 0 Å². The minimum Gasteiger partial charge on any atom is -0.367 e. The first-order valence-corrected chi connectivity index (χ1v) is 10.7. The molecular formula is C20H27N3O2S.